The molecule has 2 aliphatic rings. The molecule has 2 aliphatic heterocycles. The normalized spacial score (nSPS) is 22.4. The van der Waals surface area contributed by atoms with Crippen LogP contribution in [0.1, 0.15) is 37.8 Å². The summed E-state index contributed by atoms with van der Waals surface area (Å²) in [6, 6.07) is 15.1. The molecule has 1 saturated heterocycles. The van der Waals surface area contributed by atoms with Crippen LogP contribution in [0.5, 0.6) is 0 Å². The lowest BCUT2D eigenvalue weighted by Gasteiger charge is -2.28. The quantitative estimate of drug-likeness (QED) is 0.736. The molecule has 152 valence electrons. The van der Waals surface area contributed by atoms with E-state index in [1.54, 1.807) is 0 Å². The Bertz CT molecular complexity index is 909. The van der Waals surface area contributed by atoms with Crippen molar-refractivity contribution in [3.05, 3.63) is 64.1 Å². The van der Waals surface area contributed by atoms with Crippen molar-refractivity contribution in [1.29, 1.82) is 0 Å². The zero-order chi connectivity index (χ0) is 20.4. The highest BCUT2D eigenvalue weighted by atomic mass is 35.5. The maximum absolute atomic E-state index is 13.1. The van der Waals surface area contributed by atoms with E-state index in [1.807, 2.05) is 65.5 Å². The minimum absolute atomic E-state index is 0.114. The second-order valence-corrected chi connectivity index (χ2v) is 8.40. The fourth-order valence-corrected chi connectivity index (χ4v) is 4.37. The number of hydrazone groups is 1. The lowest BCUT2D eigenvalue weighted by Crippen LogP contribution is -2.48. The zero-order valence-electron chi connectivity index (χ0n) is 16.3. The predicted octanol–water partition coefficient (Wildman–Crippen LogP) is 5.06. The highest BCUT2D eigenvalue weighted by Gasteiger charge is 2.40. The second-order valence-electron chi connectivity index (χ2n) is 7.55. The summed E-state index contributed by atoms with van der Waals surface area (Å²) in [5, 5.41) is 9.87. The van der Waals surface area contributed by atoms with Crippen molar-refractivity contribution in [2.24, 2.45) is 11.0 Å². The Balaban J connectivity index is 1.66. The number of nitrogens with one attached hydrogen (secondary N) is 1. The third-order valence-corrected chi connectivity index (χ3v) is 6.11. The summed E-state index contributed by atoms with van der Waals surface area (Å²) in [5.41, 5.74) is 5.36. The van der Waals surface area contributed by atoms with Crippen molar-refractivity contribution in [2.45, 2.75) is 32.2 Å². The number of rotatable bonds is 4. The van der Waals surface area contributed by atoms with Crippen molar-refractivity contribution in [3.8, 4) is 0 Å². The molecule has 1 amide bonds. The van der Waals surface area contributed by atoms with Gasteiger partial charge in [0.2, 0.25) is 0 Å². The SMILES string of the molecule is C[C@@H]1C(C(=O)NN2CCCCC2)=NN(c2ccccc2Cl)[C@H]1c1ccc(Cl)cc1. The third kappa shape index (κ3) is 4.27. The summed E-state index contributed by atoms with van der Waals surface area (Å²) in [6.45, 7) is 3.79. The molecule has 5 nitrogen and oxygen atoms in total. The molecule has 2 aromatic rings. The number of halogens is 2. The molecule has 0 aliphatic carbocycles. The van der Waals surface area contributed by atoms with Gasteiger partial charge in [0.05, 0.1) is 16.8 Å². The van der Waals surface area contributed by atoms with Crippen LogP contribution in [0, 0.1) is 5.92 Å². The summed E-state index contributed by atoms with van der Waals surface area (Å²) in [7, 11) is 0. The van der Waals surface area contributed by atoms with Crippen LogP contribution in [0.15, 0.2) is 53.6 Å². The van der Waals surface area contributed by atoms with Gasteiger partial charge >= 0.3 is 0 Å². The van der Waals surface area contributed by atoms with Gasteiger partial charge in [-0.05, 0) is 42.7 Å². The number of hydrazine groups is 1. The van der Waals surface area contributed by atoms with Crippen molar-refractivity contribution in [2.75, 3.05) is 18.1 Å². The Morgan fingerprint density at radius 3 is 2.41 bits per heavy atom. The van der Waals surface area contributed by atoms with Gasteiger partial charge in [0, 0.05) is 24.0 Å². The number of hydrogen-bond acceptors (Lipinski definition) is 4. The molecule has 0 bridgehead atoms. The van der Waals surface area contributed by atoms with E-state index in [9.17, 15) is 4.79 Å². The summed E-state index contributed by atoms with van der Waals surface area (Å²) >= 11 is 12.6. The van der Waals surface area contributed by atoms with E-state index in [4.69, 9.17) is 28.3 Å². The van der Waals surface area contributed by atoms with Crippen molar-refractivity contribution < 1.29 is 4.79 Å². The van der Waals surface area contributed by atoms with Gasteiger partial charge in [-0.3, -0.25) is 15.2 Å². The second kappa shape index (κ2) is 8.74. The minimum atomic E-state index is -0.145. The molecule has 1 fully saturated rings. The van der Waals surface area contributed by atoms with E-state index >= 15 is 0 Å². The molecular formula is C22H24Cl2N4O. The molecule has 0 saturated carbocycles. The first-order chi connectivity index (χ1) is 14.0. The fourth-order valence-electron chi connectivity index (χ4n) is 4.02. The highest BCUT2D eigenvalue weighted by Crippen LogP contribution is 2.41. The molecular weight excluding hydrogens is 407 g/mol. The number of hydrogen-bond donors (Lipinski definition) is 1. The van der Waals surface area contributed by atoms with Gasteiger partial charge < -0.3 is 0 Å². The molecule has 0 unspecified atom stereocenters. The first kappa shape index (κ1) is 20.2. The number of carbonyl (C=O) groups is 1. The highest BCUT2D eigenvalue weighted by molar-refractivity contribution is 6.40. The van der Waals surface area contributed by atoms with Crippen LogP contribution in [0.4, 0.5) is 5.69 Å². The predicted molar refractivity (Wildman–Crippen MR) is 118 cm³/mol. The van der Waals surface area contributed by atoms with Crippen LogP contribution < -0.4 is 10.4 Å². The molecule has 4 rings (SSSR count). The van der Waals surface area contributed by atoms with Crippen LogP contribution in [0.3, 0.4) is 0 Å². The molecule has 0 aromatic heterocycles. The minimum Gasteiger partial charge on any atom is -0.284 e. The lowest BCUT2D eigenvalue weighted by atomic mass is 9.91. The monoisotopic (exact) mass is 430 g/mol. The first-order valence-electron chi connectivity index (χ1n) is 9.98. The number of para-hydroxylation sites is 1. The van der Waals surface area contributed by atoms with E-state index in [0.717, 1.165) is 37.2 Å². The Morgan fingerprint density at radius 1 is 1.03 bits per heavy atom. The van der Waals surface area contributed by atoms with Crippen LogP contribution in [0.25, 0.3) is 0 Å². The molecule has 1 N–H and O–H groups in total. The van der Waals surface area contributed by atoms with E-state index in [1.165, 1.54) is 6.42 Å². The van der Waals surface area contributed by atoms with Gasteiger partial charge in [0.15, 0.2) is 0 Å². The van der Waals surface area contributed by atoms with Crippen molar-refractivity contribution in [3.63, 3.8) is 0 Å². The maximum atomic E-state index is 13.1. The van der Waals surface area contributed by atoms with Crippen molar-refractivity contribution in [1.82, 2.24) is 10.4 Å². The Hall–Kier alpha value is -2.08. The van der Waals surface area contributed by atoms with E-state index < -0.39 is 0 Å². The van der Waals surface area contributed by atoms with E-state index in [0.29, 0.717) is 15.8 Å². The maximum Gasteiger partial charge on any atom is 0.282 e. The molecule has 7 heteroatoms. The molecule has 2 atom stereocenters. The molecule has 2 heterocycles. The fraction of sp³-hybridized carbons (Fsp3) is 0.364. The smallest absolute Gasteiger partial charge is 0.282 e. The Labute approximate surface area is 181 Å². The zero-order valence-corrected chi connectivity index (χ0v) is 17.8. The van der Waals surface area contributed by atoms with Crippen LogP contribution in [0.2, 0.25) is 10.0 Å². The number of piperidine rings is 1. The van der Waals surface area contributed by atoms with Crippen LogP contribution in [-0.2, 0) is 4.79 Å². The molecule has 29 heavy (non-hydrogen) atoms. The van der Waals surface area contributed by atoms with Gasteiger partial charge in [-0.15, -0.1) is 0 Å². The summed E-state index contributed by atoms with van der Waals surface area (Å²) in [4.78, 5) is 13.1. The number of nitrogens with zero attached hydrogens (tertiary/aromatic N) is 3. The average molecular weight is 431 g/mol. The van der Waals surface area contributed by atoms with Crippen LogP contribution >= 0.6 is 23.2 Å². The number of carbonyl (C=O) groups excluding carboxylic acids is 1. The van der Waals surface area contributed by atoms with E-state index in [2.05, 4.69) is 5.43 Å². The van der Waals surface area contributed by atoms with Gasteiger partial charge in [0.25, 0.3) is 5.91 Å². The Morgan fingerprint density at radius 2 is 1.72 bits per heavy atom. The van der Waals surface area contributed by atoms with Gasteiger partial charge in [-0.1, -0.05) is 60.8 Å². The molecule has 0 spiro atoms. The summed E-state index contributed by atoms with van der Waals surface area (Å²) in [6.07, 6.45) is 3.41. The Kier molecular flexibility index (Phi) is 6.09. The van der Waals surface area contributed by atoms with Gasteiger partial charge in [-0.25, -0.2) is 5.01 Å². The average Bonchev–Trinajstić information content (AvgIpc) is 3.07. The van der Waals surface area contributed by atoms with Gasteiger partial charge in [-0.2, -0.15) is 5.10 Å². The van der Waals surface area contributed by atoms with E-state index in [-0.39, 0.29) is 17.9 Å². The third-order valence-electron chi connectivity index (χ3n) is 5.54. The van der Waals surface area contributed by atoms with Crippen molar-refractivity contribution >= 4 is 40.5 Å². The number of benzene rings is 2. The van der Waals surface area contributed by atoms with Crippen LogP contribution in [-0.4, -0.2) is 29.7 Å². The summed E-state index contributed by atoms with van der Waals surface area (Å²) < 4.78 is 0. The molecule has 0 radical (unpaired) electrons. The number of amides is 1. The first-order valence-corrected chi connectivity index (χ1v) is 10.7. The van der Waals surface area contributed by atoms with Gasteiger partial charge in [0.1, 0.15) is 5.71 Å². The summed E-state index contributed by atoms with van der Waals surface area (Å²) in [5.74, 6) is -0.259. The largest absolute Gasteiger partial charge is 0.284 e. The lowest BCUT2D eigenvalue weighted by molar-refractivity contribution is -0.120. The topological polar surface area (TPSA) is 47.9 Å². The molecule has 2 aromatic carbocycles. The number of anilines is 1. The standard InChI is InChI=1S/C22H24Cl2N4O/c1-15-20(22(29)26-27-13-5-2-6-14-27)25-28(19-8-4-3-7-18(19)24)21(15)16-9-11-17(23)12-10-16/h3-4,7-12,15,21H,2,5-6,13-14H2,1H3,(H,26,29)/t15-,21-/m1/s1.